The highest BCUT2D eigenvalue weighted by Crippen LogP contribution is 2.31. The first-order valence-electron chi connectivity index (χ1n) is 6.03. The van der Waals surface area contributed by atoms with Gasteiger partial charge in [0.25, 0.3) is 0 Å². The van der Waals surface area contributed by atoms with E-state index in [-0.39, 0.29) is 5.54 Å². The average molecular weight is 249 g/mol. The first-order valence-corrected chi connectivity index (χ1v) is 6.97. The standard InChI is InChI=1S/C13H19N3S/c1-3-13(4-2,9-14)16-10-15-7-12(16)11-5-6-17-8-11/h5-8,10H,3-4,9,14H2,1-2H3. The van der Waals surface area contributed by atoms with Crippen LogP contribution < -0.4 is 5.73 Å². The highest BCUT2D eigenvalue weighted by atomic mass is 32.1. The molecule has 0 aliphatic rings. The fraction of sp³-hybridized carbons (Fsp3) is 0.462. The number of imidazole rings is 1. The fourth-order valence-electron chi connectivity index (χ4n) is 2.27. The summed E-state index contributed by atoms with van der Waals surface area (Å²) in [7, 11) is 0. The number of aromatic nitrogens is 2. The van der Waals surface area contributed by atoms with Gasteiger partial charge in [-0.05, 0) is 24.3 Å². The quantitative estimate of drug-likeness (QED) is 0.885. The summed E-state index contributed by atoms with van der Waals surface area (Å²) in [5, 5.41) is 4.24. The van der Waals surface area contributed by atoms with E-state index in [0.717, 1.165) is 12.8 Å². The van der Waals surface area contributed by atoms with Gasteiger partial charge < -0.3 is 10.3 Å². The van der Waals surface area contributed by atoms with E-state index in [9.17, 15) is 0 Å². The number of hydrogen-bond acceptors (Lipinski definition) is 3. The molecule has 17 heavy (non-hydrogen) atoms. The molecule has 0 amide bonds. The molecule has 0 aliphatic carbocycles. The van der Waals surface area contributed by atoms with Gasteiger partial charge in [0.05, 0.1) is 23.8 Å². The summed E-state index contributed by atoms with van der Waals surface area (Å²) in [6.45, 7) is 5.02. The van der Waals surface area contributed by atoms with Crippen molar-refractivity contribution in [3.63, 3.8) is 0 Å². The predicted octanol–water partition coefficient (Wildman–Crippen LogP) is 3.09. The van der Waals surface area contributed by atoms with Gasteiger partial charge in [-0.15, -0.1) is 0 Å². The van der Waals surface area contributed by atoms with Crippen LogP contribution in [0.4, 0.5) is 0 Å². The monoisotopic (exact) mass is 249 g/mol. The predicted molar refractivity (Wildman–Crippen MR) is 73.2 cm³/mol. The van der Waals surface area contributed by atoms with E-state index in [1.807, 2.05) is 12.5 Å². The van der Waals surface area contributed by atoms with Crippen LogP contribution >= 0.6 is 11.3 Å². The minimum absolute atomic E-state index is 0.00618. The molecule has 2 N–H and O–H groups in total. The van der Waals surface area contributed by atoms with E-state index in [4.69, 9.17) is 5.73 Å². The highest BCUT2D eigenvalue weighted by Gasteiger charge is 2.28. The molecule has 0 unspecified atom stereocenters. The van der Waals surface area contributed by atoms with Crippen molar-refractivity contribution < 1.29 is 0 Å². The van der Waals surface area contributed by atoms with Crippen LogP contribution in [0, 0.1) is 0 Å². The lowest BCUT2D eigenvalue weighted by atomic mass is 9.92. The second kappa shape index (κ2) is 5.02. The largest absolute Gasteiger partial charge is 0.328 e. The van der Waals surface area contributed by atoms with Crippen LogP contribution in [0.3, 0.4) is 0 Å². The first kappa shape index (κ1) is 12.3. The third kappa shape index (κ3) is 2.03. The maximum Gasteiger partial charge on any atom is 0.0956 e. The molecule has 0 aromatic carbocycles. The smallest absolute Gasteiger partial charge is 0.0956 e. The molecule has 2 heterocycles. The molecule has 0 saturated carbocycles. The maximum atomic E-state index is 6.00. The van der Waals surface area contributed by atoms with E-state index >= 15 is 0 Å². The zero-order valence-electron chi connectivity index (χ0n) is 10.4. The van der Waals surface area contributed by atoms with Crippen molar-refractivity contribution in [1.82, 2.24) is 9.55 Å². The molecule has 92 valence electrons. The van der Waals surface area contributed by atoms with Crippen LogP contribution in [0.1, 0.15) is 26.7 Å². The van der Waals surface area contributed by atoms with Crippen LogP contribution in [0.25, 0.3) is 11.3 Å². The van der Waals surface area contributed by atoms with Crippen molar-refractivity contribution >= 4 is 11.3 Å². The van der Waals surface area contributed by atoms with Crippen molar-refractivity contribution in [2.75, 3.05) is 6.54 Å². The Bertz CT molecular complexity index is 446. The fourth-order valence-corrected chi connectivity index (χ4v) is 2.92. The summed E-state index contributed by atoms with van der Waals surface area (Å²) < 4.78 is 2.25. The normalized spacial score (nSPS) is 11.9. The van der Waals surface area contributed by atoms with Gasteiger partial charge in [0, 0.05) is 17.5 Å². The van der Waals surface area contributed by atoms with Crippen molar-refractivity contribution in [3.05, 3.63) is 29.4 Å². The molecule has 2 aromatic rings. The summed E-state index contributed by atoms with van der Waals surface area (Å²) >= 11 is 1.71. The van der Waals surface area contributed by atoms with Gasteiger partial charge in [-0.2, -0.15) is 11.3 Å². The number of nitrogens with zero attached hydrogens (tertiary/aromatic N) is 2. The SMILES string of the molecule is CCC(CC)(CN)n1cncc1-c1ccsc1. The van der Waals surface area contributed by atoms with E-state index < -0.39 is 0 Å². The van der Waals surface area contributed by atoms with E-state index in [1.54, 1.807) is 11.3 Å². The van der Waals surface area contributed by atoms with Crippen LogP contribution in [-0.4, -0.2) is 16.1 Å². The zero-order chi connectivity index (χ0) is 12.3. The van der Waals surface area contributed by atoms with E-state index in [0.29, 0.717) is 6.54 Å². The molecular weight excluding hydrogens is 230 g/mol. The van der Waals surface area contributed by atoms with Gasteiger partial charge in [0.15, 0.2) is 0 Å². The Labute approximate surface area is 106 Å². The molecule has 0 aliphatic heterocycles. The number of thiophene rings is 1. The number of nitrogens with two attached hydrogens (primary N) is 1. The summed E-state index contributed by atoms with van der Waals surface area (Å²) in [5.74, 6) is 0. The second-order valence-corrected chi connectivity index (χ2v) is 5.08. The maximum absolute atomic E-state index is 6.00. The van der Waals surface area contributed by atoms with Crippen LogP contribution in [0.2, 0.25) is 0 Å². The third-order valence-corrected chi connectivity index (χ3v) is 4.35. The van der Waals surface area contributed by atoms with Crippen molar-refractivity contribution in [2.45, 2.75) is 32.2 Å². The average Bonchev–Trinajstić information content (AvgIpc) is 3.02. The molecule has 0 fully saturated rings. The lowest BCUT2D eigenvalue weighted by Gasteiger charge is -2.33. The minimum Gasteiger partial charge on any atom is -0.328 e. The third-order valence-electron chi connectivity index (χ3n) is 3.66. The van der Waals surface area contributed by atoms with Gasteiger partial charge in [0.1, 0.15) is 0 Å². The molecule has 4 heteroatoms. The summed E-state index contributed by atoms with van der Waals surface area (Å²) in [6.07, 6.45) is 5.88. The Kier molecular flexibility index (Phi) is 3.64. The van der Waals surface area contributed by atoms with Crippen LogP contribution in [0.5, 0.6) is 0 Å². The Morgan fingerprint density at radius 3 is 2.71 bits per heavy atom. The molecule has 2 aromatic heterocycles. The Balaban J connectivity index is 2.49. The minimum atomic E-state index is -0.00618. The molecule has 0 radical (unpaired) electrons. The summed E-state index contributed by atoms with van der Waals surface area (Å²) in [6, 6.07) is 2.13. The van der Waals surface area contributed by atoms with Gasteiger partial charge in [-0.3, -0.25) is 0 Å². The van der Waals surface area contributed by atoms with Crippen LogP contribution in [0.15, 0.2) is 29.4 Å². The van der Waals surface area contributed by atoms with Gasteiger partial charge in [0.2, 0.25) is 0 Å². The highest BCUT2D eigenvalue weighted by molar-refractivity contribution is 7.08. The second-order valence-electron chi connectivity index (χ2n) is 4.30. The summed E-state index contributed by atoms with van der Waals surface area (Å²) in [5.41, 5.74) is 8.39. The lowest BCUT2D eigenvalue weighted by molar-refractivity contribution is 0.274. The van der Waals surface area contributed by atoms with Gasteiger partial charge in [-0.25, -0.2) is 4.98 Å². The zero-order valence-corrected chi connectivity index (χ0v) is 11.2. The van der Waals surface area contributed by atoms with E-state index in [2.05, 4.69) is 40.2 Å². The van der Waals surface area contributed by atoms with Crippen molar-refractivity contribution in [2.24, 2.45) is 5.73 Å². The number of rotatable bonds is 5. The van der Waals surface area contributed by atoms with Crippen molar-refractivity contribution in [3.8, 4) is 11.3 Å². The molecule has 0 spiro atoms. The molecule has 0 bridgehead atoms. The molecule has 3 nitrogen and oxygen atoms in total. The van der Waals surface area contributed by atoms with Gasteiger partial charge in [-0.1, -0.05) is 13.8 Å². The molecule has 0 atom stereocenters. The Morgan fingerprint density at radius 2 is 2.18 bits per heavy atom. The van der Waals surface area contributed by atoms with E-state index in [1.165, 1.54) is 11.3 Å². The summed E-state index contributed by atoms with van der Waals surface area (Å²) in [4.78, 5) is 4.30. The molecule has 2 rings (SSSR count). The van der Waals surface area contributed by atoms with Crippen molar-refractivity contribution in [1.29, 1.82) is 0 Å². The first-order chi connectivity index (χ1) is 8.27. The van der Waals surface area contributed by atoms with Gasteiger partial charge >= 0.3 is 0 Å². The lowest BCUT2D eigenvalue weighted by Crippen LogP contribution is -2.40. The topological polar surface area (TPSA) is 43.8 Å². The Morgan fingerprint density at radius 1 is 1.41 bits per heavy atom. The Hall–Kier alpha value is -1.13. The molecular formula is C13H19N3S. The molecule has 0 saturated heterocycles. The van der Waals surface area contributed by atoms with Crippen LogP contribution in [-0.2, 0) is 5.54 Å². The number of hydrogen-bond donors (Lipinski definition) is 1.